The molecule has 2 rings (SSSR count). The van der Waals surface area contributed by atoms with Crippen molar-refractivity contribution in [3.05, 3.63) is 17.9 Å². The Morgan fingerprint density at radius 2 is 2.00 bits per heavy atom. The van der Waals surface area contributed by atoms with Gasteiger partial charge in [0.1, 0.15) is 12.4 Å². The van der Waals surface area contributed by atoms with Crippen LogP contribution in [0.4, 0.5) is 0 Å². The average molecular weight is 231 g/mol. The van der Waals surface area contributed by atoms with Crippen LogP contribution in [0.25, 0.3) is 0 Å². The van der Waals surface area contributed by atoms with Gasteiger partial charge in [-0.05, 0) is 25.0 Å². The zero-order valence-electron chi connectivity index (χ0n) is 8.22. The zero-order chi connectivity index (χ0) is 10.9. The van der Waals surface area contributed by atoms with Crippen molar-refractivity contribution >= 4 is 10.0 Å². The molecule has 0 amide bonds. The van der Waals surface area contributed by atoms with Gasteiger partial charge in [0.2, 0.25) is 5.09 Å². The lowest BCUT2D eigenvalue weighted by Crippen LogP contribution is -2.27. The number of sulfonamides is 1. The Morgan fingerprint density at radius 1 is 1.33 bits per heavy atom. The molecule has 0 bridgehead atoms. The van der Waals surface area contributed by atoms with E-state index >= 15 is 0 Å². The second kappa shape index (κ2) is 3.96. The summed E-state index contributed by atoms with van der Waals surface area (Å²) in [7, 11) is -3.47. The molecule has 1 fully saturated rings. The van der Waals surface area contributed by atoms with E-state index < -0.39 is 10.0 Å². The van der Waals surface area contributed by atoms with E-state index in [1.54, 1.807) is 0 Å². The van der Waals surface area contributed by atoms with Gasteiger partial charge in [0.05, 0.1) is 0 Å². The van der Waals surface area contributed by atoms with Crippen LogP contribution in [-0.2, 0) is 16.6 Å². The van der Waals surface area contributed by atoms with E-state index in [4.69, 9.17) is 9.52 Å². The Kier molecular flexibility index (Phi) is 2.81. The van der Waals surface area contributed by atoms with Gasteiger partial charge in [-0.15, -0.1) is 0 Å². The predicted molar refractivity (Wildman–Crippen MR) is 52.6 cm³/mol. The van der Waals surface area contributed by atoms with Crippen molar-refractivity contribution in [2.75, 3.05) is 13.1 Å². The SMILES string of the molecule is O=S(=O)(c1ccc(CO)o1)N1CCCC1. The molecule has 0 aromatic carbocycles. The monoisotopic (exact) mass is 231 g/mol. The smallest absolute Gasteiger partial charge is 0.276 e. The van der Waals surface area contributed by atoms with E-state index in [-0.39, 0.29) is 17.5 Å². The van der Waals surface area contributed by atoms with Gasteiger partial charge < -0.3 is 9.52 Å². The highest BCUT2D eigenvalue weighted by Crippen LogP contribution is 2.22. The maximum absolute atomic E-state index is 11.9. The molecular weight excluding hydrogens is 218 g/mol. The second-order valence-electron chi connectivity index (χ2n) is 3.49. The van der Waals surface area contributed by atoms with E-state index in [1.807, 2.05) is 0 Å². The highest BCUT2D eigenvalue weighted by molar-refractivity contribution is 7.89. The molecule has 1 aliphatic heterocycles. The van der Waals surface area contributed by atoms with Gasteiger partial charge >= 0.3 is 0 Å². The van der Waals surface area contributed by atoms with Crippen molar-refractivity contribution in [2.45, 2.75) is 24.5 Å². The molecule has 0 aliphatic carbocycles. The molecule has 5 nitrogen and oxygen atoms in total. The van der Waals surface area contributed by atoms with Crippen molar-refractivity contribution in [1.29, 1.82) is 0 Å². The summed E-state index contributed by atoms with van der Waals surface area (Å²) in [6.45, 7) is 0.824. The molecule has 1 aromatic heterocycles. The molecule has 0 radical (unpaired) electrons. The second-order valence-corrected chi connectivity index (χ2v) is 5.36. The maximum Gasteiger partial charge on any atom is 0.276 e. The first kappa shape index (κ1) is 10.7. The Hall–Kier alpha value is -0.850. The predicted octanol–water partition coefficient (Wildman–Crippen LogP) is 0.556. The summed E-state index contributed by atoms with van der Waals surface area (Å²) in [5.74, 6) is 0.271. The van der Waals surface area contributed by atoms with Crippen LogP contribution in [0.3, 0.4) is 0 Å². The molecule has 0 spiro atoms. The van der Waals surface area contributed by atoms with Crippen LogP contribution in [0, 0.1) is 0 Å². The standard InChI is InChI=1S/C9H13NO4S/c11-7-8-3-4-9(14-8)15(12,13)10-5-1-2-6-10/h3-4,11H,1-2,5-7H2. The molecule has 1 saturated heterocycles. The van der Waals surface area contributed by atoms with Crippen LogP contribution in [0.15, 0.2) is 21.6 Å². The summed E-state index contributed by atoms with van der Waals surface area (Å²) < 4.78 is 30.3. The first-order valence-corrected chi connectivity index (χ1v) is 6.28. The lowest BCUT2D eigenvalue weighted by Gasteiger charge is -2.12. The van der Waals surface area contributed by atoms with Crippen molar-refractivity contribution in [1.82, 2.24) is 4.31 Å². The fraction of sp³-hybridized carbons (Fsp3) is 0.556. The molecule has 84 valence electrons. The molecule has 1 aliphatic rings. The fourth-order valence-electron chi connectivity index (χ4n) is 1.64. The first-order chi connectivity index (χ1) is 7.14. The number of furan rings is 1. The molecule has 0 saturated carbocycles. The number of hydrogen-bond donors (Lipinski definition) is 1. The van der Waals surface area contributed by atoms with Crippen molar-refractivity contribution in [2.24, 2.45) is 0 Å². The molecule has 15 heavy (non-hydrogen) atoms. The summed E-state index contributed by atoms with van der Waals surface area (Å²) in [5.41, 5.74) is 0. The fourth-order valence-corrected chi connectivity index (χ4v) is 3.08. The summed E-state index contributed by atoms with van der Waals surface area (Å²) >= 11 is 0. The zero-order valence-corrected chi connectivity index (χ0v) is 9.03. The van der Waals surface area contributed by atoms with Gasteiger partial charge in [0, 0.05) is 13.1 Å². The Balaban J connectivity index is 2.28. The van der Waals surface area contributed by atoms with E-state index in [1.165, 1.54) is 16.4 Å². The van der Waals surface area contributed by atoms with Crippen molar-refractivity contribution in [3.8, 4) is 0 Å². The summed E-state index contributed by atoms with van der Waals surface area (Å²) in [4.78, 5) is 0. The molecule has 0 atom stereocenters. The van der Waals surface area contributed by atoms with E-state index in [0.29, 0.717) is 13.1 Å². The maximum atomic E-state index is 11.9. The van der Waals surface area contributed by atoms with Crippen molar-refractivity contribution in [3.63, 3.8) is 0 Å². The quantitative estimate of drug-likeness (QED) is 0.825. The van der Waals surface area contributed by atoms with Gasteiger partial charge in [-0.25, -0.2) is 8.42 Å². The highest BCUT2D eigenvalue weighted by Gasteiger charge is 2.29. The minimum absolute atomic E-state index is 0.0755. The lowest BCUT2D eigenvalue weighted by molar-refractivity contribution is 0.235. The van der Waals surface area contributed by atoms with E-state index in [2.05, 4.69) is 0 Å². The van der Waals surface area contributed by atoms with Gasteiger partial charge in [-0.1, -0.05) is 0 Å². The van der Waals surface area contributed by atoms with E-state index in [0.717, 1.165) is 12.8 Å². The van der Waals surface area contributed by atoms with Crippen LogP contribution in [0.1, 0.15) is 18.6 Å². The van der Waals surface area contributed by atoms with Gasteiger partial charge in [-0.2, -0.15) is 4.31 Å². The molecular formula is C9H13NO4S. The topological polar surface area (TPSA) is 70.8 Å². The minimum atomic E-state index is -3.47. The minimum Gasteiger partial charge on any atom is -0.446 e. The van der Waals surface area contributed by atoms with Crippen LogP contribution in [0.2, 0.25) is 0 Å². The van der Waals surface area contributed by atoms with Gasteiger partial charge in [-0.3, -0.25) is 0 Å². The van der Waals surface area contributed by atoms with Crippen LogP contribution in [-0.4, -0.2) is 30.9 Å². The summed E-state index contributed by atoms with van der Waals surface area (Å²) in [5, 5.41) is 8.70. The first-order valence-electron chi connectivity index (χ1n) is 4.84. The Labute approximate surface area is 88.4 Å². The van der Waals surface area contributed by atoms with Gasteiger partial charge in [0.25, 0.3) is 10.0 Å². The number of hydrogen-bond acceptors (Lipinski definition) is 4. The third-order valence-corrected chi connectivity index (χ3v) is 4.22. The molecule has 1 aromatic rings. The highest BCUT2D eigenvalue weighted by atomic mass is 32.2. The molecule has 2 heterocycles. The number of rotatable bonds is 3. The van der Waals surface area contributed by atoms with Crippen LogP contribution in [0.5, 0.6) is 0 Å². The van der Waals surface area contributed by atoms with Crippen molar-refractivity contribution < 1.29 is 17.9 Å². The lowest BCUT2D eigenvalue weighted by atomic mass is 10.4. The molecule has 1 N–H and O–H groups in total. The molecule has 0 unspecified atom stereocenters. The van der Waals surface area contributed by atoms with Crippen LogP contribution < -0.4 is 0 Å². The van der Waals surface area contributed by atoms with Crippen LogP contribution >= 0.6 is 0 Å². The average Bonchev–Trinajstić information content (AvgIpc) is 2.89. The molecule has 6 heteroatoms. The third-order valence-electron chi connectivity index (χ3n) is 2.45. The Bertz CT molecular complexity index is 431. The van der Waals surface area contributed by atoms with Gasteiger partial charge in [0.15, 0.2) is 0 Å². The summed E-state index contributed by atoms with van der Waals surface area (Å²) in [6.07, 6.45) is 1.79. The largest absolute Gasteiger partial charge is 0.446 e. The number of aliphatic hydroxyl groups is 1. The normalized spacial score (nSPS) is 18.5. The number of aliphatic hydroxyl groups excluding tert-OH is 1. The summed E-state index contributed by atoms with van der Waals surface area (Å²) in [6, 6.07) is 2.86. The third kappa shape index (κ3) is 1.92. The number of nitrogens with zero attached hydrogens (tertiary/aromatic N) is 1. The van der Waals surface area contributed by atoms with E-state index in [9.17, 15) is 8.42 Å². The Morgan fingerprint density at radius 3 is 2.53 bits per heavy atom.